The average Bonchev–Trinajstić information content (AvgIpc) is 3.92. The Morgan fingerprint density at radius 1 is 0.267 bits per heavy atom. The van der Waals surface area contributed by atoms with Crippen LogP contribution >= 0.6 is 0 Å². The third kappa shape index (κ3) is 6.31. The van der Waals surface area contributed by atoms with Crippen LogP contribution in [0.1, 0.15) is 0 Å². The van der Waals surface area contributed by atoms with Crippen molar-refractivity contribution in [2.75, 3.05) is 0 Å². The summed E-state index contributed by atoms with van der Waals surface area (Å²) in [5.74, 6) is 3.40. The molecule has 0 saturated carbocycles. The molecule has 0 bridgehead atoms. The molecule has 0 saturated heterocycles. The first kappa shape index (κ1) is 34.9. The number of hydrogen-bond donors (Lipinski definition) is 0. The molecule has 0 aliphatic rings. The van der Waals surface area contributed by atoms with Gasteiger partial charge in [0.05, 0.1) is 22.1 Å². The summed E-state index contributed by atoms with van der Waals surface area (Å²) >= 11 is 0. The number of hydrogen-bond acceptors (Lipinski definition) is 5. The van der Waals surface area contributed by atoms with Gasteiger partial charge >= 0.3 is 0 Å². The Hall–Kier alpha value is -8.29. The van der Waals surface area contributed by atoms with Gasteiger partial charge in [-0.15, -0.1) is 0 Å². The van der Waals surface area contributed by atoms with Crippen molar-refractivity contribution < 1.29 is 0 Å². The molecular weight excluding hydrogens is 735 g/mol. The standard InChI is InChI=1S/C53H35N7/c1-6-18-36(19-7-1)43-28-16-17-29-44(43)51-57-49(39-30-32-47-45(34-39)54-52(37-20-8-2-9-21-37)59(47)41-24-12-4-13-25-41)56-50(58-51)40-31-33-48-46(35-40)55-53(38-22-10-3-11-23-38)60(48)42-26-14-5-15-27-42/h1-35H. The van der Waals surface area contributed by atoms with Crippen LogP contribution in [-0.2, 0) is 0 Å². The lowest BCUT2D eigenvalue weighted by molar-refractivity contribution is 1.07. The molecule has 7 nitrogen and oxygen atoms in total. The molecule has 8 aromatic carbocycles. The molecule has 0 aliphatic heterocycles. The molecule has 11 rings (SSSR count). The lowest BCUT2D eigenvalue weighted by atomic mass is 9.99. The van der Waals surface area contributed by atoms with Crippen molar-refractivity contribution in [1.82, 2.24) is 34.1 Å². The smallest absolute Gasteiger partial charge is 0.164 e. The SMILES string of the molecule is c1ccc(-c2ccccc2-c2nc(-c3ccc4c(c3)nc(-c3ccccc3)n4-c3ccccc3)nc(-c3ccc4c(c3)nc(-c3ccccc3)n4-c3ccccc3)n2)cc1. The first-order valence-corrected chi connectivity index (χ1v) is 19.9. The van der Waals surface area contributed by atoms with Crippen molar-refractivity contribution in [3.63, 3.8) is 0 Å². The van der Waals surface area contributed by atoms with Gasteiger partial charge in [-0.3, -0.25) is 9.13 Å². The Kier molecular flexibility index (Phi) is 8.67. The van der Waals surface area contributed by atoms with Gasteiger partial charge in [0.1, 0.15) is 11.6 Å². The predicted molar refractivity (Wildman–Crippen MR) is 242 cm³/mol. The lowest BCUT2D eigenvalue weighted by Gasteiger charge is -2.12. The summed E-state index contributed by atoms with van der Waals surface area (Å²) < 4.78 is 4.42. The van der Waals surface area contributed by atoms with Crippen molar-refractivity contribution in [2.24, 2.45) is 0 Å². The van der Waals surface area contributed by atoms with Gasteiger partial charge in [0.25, 0.3) is 0 Å². The van der Waals surface area contributed by atoms with Crippen LogP contribution in [-0.4, -0.2) is 34.1 Å². The monoisotopic (exact) mass is 769 g/mol. The van der Waals surface area contributed by atoms with Gasteiger partial charge < -0.3 is 0 Å². The number of imidazole rings is 2. The average molecular weight is 770 g/mol. The van der Waals surface area contributed by atoms with E-state index in [1.165, 1.54) is 0 Å². The molecule has 282 valence electrons. The predicted octanol–water partition coefficient (Wildman–Crippen LogP) is 12.6. The Balaban J connectivity index is 1.11. The number of nitrogens with zero attached hydrogens (tertiary/aromatic N) is 7. The molecule has 0 spiro atoms. The van der Waals surface area contributed by atoms with E-state index in [-0.39, 0.29) is 0 Å². The van der Waals surface area contributed by atoms with E-state index in [0.717, 1.165) is 84.0 Å². The highest BCUT2D eigenvalue weighted by Crippen LogP contribution is 2.36. The molecule has 3 aromatic heterocycles. The fraction of sp³-hybridized carbons (Fsp3) is 0. The van der Waals surface area contributed by atoms with E-state index in [1.54, 1.807) is 0 Å². The van der Waals surface area contributed by atoms with Gasteiger partial charge in [-0.25, -0.2) is 24.9 Å². The van der Waals surface area contributed by atoms with Crippen molar-refractivity contribution in [3.8, 4) is 79.4 Å². The summed E-state index contributed by atoms with van der Waals surface area (Å²) in [7, 11) is 0. The summed E-state index contributed by atoms with van der Waals surface area (Å²) in [6.07, 6.45) is 0. The molecule has 7 heteroatoms. The number of rotatable bonds is 8. The topological polar surface area (TPSA) is 74.3 Å². The maximum atomic E-state index is 5.24. The van der Waals surface area contributed by atoms with Crippen LogP contribution in [0.15, 0.2) is 212 Å². The maximum Gasteiger partial charge on any atom is 0.164 e. The molecule has 0 N–H and O–H groups in total. The number of para-hydroxylation sites is 2. The molecule has 60 heavy (non-hydrogen) atoms. The van der Waals surface area contributed by atoms with Gasteiger partial charge in [-0.1, -0.05) is 152 Å². The van der Waals surface area contributed by atoms with E-state index < -0.39 is 0 Å². The van der Waals surface area contributed by atoms with E-state index in [2.05, 4.69) is 161 Å². The van der Waals surface area contributed by atoms with Gasteiger partial charge in [0, 0.05) is 39.2 Å². The van der Waals surface area contributed by atoms with E-state index in [1.807, 2.05) is 60.7 Å². The molecule has 3 heterocycles. The van der Waals surface area contributed by atoms with Crippen molar-refractivity contribution in [2.45, 2.75) is 0 Å². The van der Waals surface area contributed by atoms with Crippen molar-refractivity contribution in [3.05, 3.63) is 212 Å². The van der Waals surface area contributed by atoms with Crippen LogP contribution in [0.5, 0.6) is 0 Å². The molecule has 0 unspecified atom stereocenters. The van der Waals surface area contributed by atoms with Crippen LogP contribution in [0.25, 0.3) is 102 Å². The summed E-state index contributed by atoms with van der Waals surface area (Å²) in [5, 5.41) is 0. The van der Waals surface area contributed by atoms with Crippen LogP contribution in [0, 0.1) is 0 Å². The van der Waals surface area contributed by atoms with E-state index in [9.17, 15) is 0 Å². The van der Waals surface area contributed by atoms with E-state index in [0.29, 0.717) is 17.5 Å². The van der Waals surface area contributed by atoms with E-state index >= 15 is 0 Å². The van der Waals surface area contributed by atoms with Gasteiger partial charge in [-0.2, -0.15) is 0 Å². The summed E-state index contributed by atoms with van der Waals surface area (Å²) in [6.45, 7) is 0. The molecule has 0 aliphatic carbocycles. The van der Waals surface area contributed by atoms with Crippen LogP contribution < -0.4 is 0 Å². The highest BCUT2D eigenvalue weighted by Gasteiger charge is 2.20. The third-order valence-corrected chi connectivity index (χ3v) is 10.8. The van der Waals surface area contributed by atoms with Gasteiger partial charge in [0.15, 0.2) is 17.5 Å². The minimum atomic E-state index is 0.551. The molecular formula is C53H35N7. The quantitative estimate of drug-likeness (QED) is 0.154. The Morgan fingerprint density at radius 2 is 0.633 bits per heavy atom. The zero-order valence-corrected chi connectivity index (χ0v) is 32.3. The number of aromatic nitrogens is 7. The number of fused-ring (bicyclic) bond motifs is 2. The highest BCUT2D eigenvalue weighted by atomic mass is 15.1. The normalized spacial score (nSPS) is 11.3. The fourth-order valence-corrected chi connectivity index (χ4v) is 7.98. The zero-order valence-electron chi connectivity index (χ0n) is 32.3. The van der Waals surface area contributed by atoms with Crippen LogP contribution in [0.3, 0.4) is 0 Å². The maximum absolute atomic E-state index is 5.24. The second-order valence-corrected chi connectivity index (χ2v) is 14.6. The fourth-order valence-electron chi connectivity index (χ4n) is 7.98. The first-order chi connectivity index (χ1) is 29.7. The molecule has 0 fully saturated rings. The highest BCUT2D eigenvalue weighted by molar-refractivity contribution is 5.89. The minimum absolute atomic E-state index is 0.551. The molecule has 0 atom stereocenters. The number of benzene rings is 8. The van der Waals surface area contributed by atoms with Crippen molar-refractivity contribution >= 4 is 22.1 Å². The summed E-state index contributed by atoms with van der Waals surface area (Å²) in [6, 6.07) is 72.6. The van der Waals surface area contributed by atoms with Crippen molar-refractivity contribution in [1.29, 1.82) is 0 Å². The Labute approximate surface area is 346 Å². The zero-order chi connectivity index (χ0) is 39.8. The van der Waals surface area contributed by atoms with E-state index in [4.69, 9.17) is 24.9 Å². The summed E-state index contributed by atoms with van der Waals surface area (Å²) in [5.41, 5.74) is 12.5. The summed E-state index contributed by atoms with van der Waals surface area (Å²) in [4.78, 5) is 26.1. The molecule has 11 aromatic rings. The second-order valence-electron chi connectivity index (χ2n) is 14.6. The van der Waals surface area contributed by atoms with Gasteiger partial charge in [-0.05, 0) is 71.8 Å². The first-order valence-electron chi connectivity index (χ1n) is 19.9. The molecule has 0 amide bonds. The van der Waals surface area contributed by atoms with Gasteiger partial charge in [0.2, 0.25) is 0 Å². The lowest BCUT2D eigenvalue weighted by Crippen LogP contribution is -2.01. The van der Waals surface area contributed by atoms with Crippen LogP contribution in [0.4, 0.5) is 0 Å². The second kappa shape index (κ2) is 14.9. The minimum Gasteiger partial charge on any atom is -0.292 e. The Bertz CT molecular complexity index is 3110. The largest absolute Gasteiger partial charge is 0.292 e. The van der Waals surface area contributed by atoms with Crippen LogP contribution in [0.2, 0.25) is 0 Å². The third-order valence-electron chi connectivity index (χ3n) is 10.8. The Morgan fingerprint density at radius 3 is 1.08 bits per heavy atom. The molecule has 0 radical (unpaired) electrons.